The van der Waals surface area contributed by atoms with Gasteiger partial charge in [0.1, 0.15) is 5.75 Å². The number of nitrogens with zero attached hydrogens (tertiary/aromatic N) is 1. The van der Waals surface area contributed by atoms with E-state index in [0.717, 1.165) is 38.4 Å². The first-order valence-electron chi connectivity index (χ1n) is 9.07. The molecule has 0 bridgehead atoms. The van der Waals surface area contributed by atoms with Crippen LogP contribution in [0, 0.1) is 6.92 Å². The van der Waals surface area contributed by atoms with Gasteiger partial charge in [0.05, 0.1) is 18.8 Å². The summed E-state index contributed by atoms with van der Waals surface area (Å²) in [6.07, 6.45) is 3.00. The molecule has 0 aromatic heterocycles. The summed E-state index contributed by atoms with van der Waals surface area (Å²) in [6.45, 7) is 15.0. The van der Waals surface area contributed by atoms with Gasteiger partial charge in [-0.25, -0.2) is 0 Å². The molecule has 130 valence electrons. The Hall–Kier alpha value is -1.06. The van der Waals surface area contributed by atoms with Gasteiger partial charge in [0.2, 0.25) is 0 Å². The monoisotopic (exact) mass is 319 g/mol. The van der Waals surface area contributed by atoms with Crippen LogP contribution in [0.15, 0.2) is 18.2 Å². The van der Waals surface area contributed by atoms with E-state index >= 15 is 0 Å². The van der Waals surface area contributed by atoms with Gasteiger partial charge in [-0.2, -0.15) is 0 Å². The standard InChI is InChI=1S/C20H33NO2/c1-15(2)19-9-8-16(3)12-20(19)22-11-7-6-10-21-13-17(4)23-18(5)14-21/h8-9,12,15,17-18H,6-7,10-11,13-14H2,1-5H3/t17-,18-/m0/s1. The van der Waals surface area contributed by atoms with Crippen LogP contribution in [0.4, 0.5) is 0 Å². The molecule has 1 aromatic carbocycles. The fourth-order valence-corrected chi connectivity index (χ4v) is 3.33. The Balaban J connectivity index is 1.72. The Bertz CT molecular complexity index is 477. The van der Waals surface area contributed by atoms with Crippen molar-refractivity contribution in [3.05, 3.63) is 29.3 Å². The summed E-state index contributed by atoms with van der Waals surface area (Å²) in [5.74, 6) is 1.57. The van der Waals surface area contributed by atoms with Crippen LogP contribution in [0.25, 0.3) is 0 Å². The zero-order valence-electron chi connectivity index (χ0n) is 15.5. The topological polar surface area (TPSA) is 21.7 Å². The van der Waals surface area contributed by atoms with Crippen molar-refractivity contribution in [2.24, 2.45) is 0 Å². The Morgan fingerprint density at radius 1 is 1.17 bits per heavy atom. The lowest BCUT2D eigenvalue weighted by Gasteiger charge is -2.35. The summed E-state index contributed by atoms with van der Waals surface area (Å²) in [5.41, 5.74) is 2.58. The van der Waals surface area contributed by atoms with Gasteiger partial charge in [-0.1, -0.05) is 26.0 Å². The zero-order valence-corrected chi connectivity index (χ0v) is 15.5. The lowest BCUT2D eigenvalue weighted by molar-refractivity contribution is -0.0682. The number of morpholine rings is 1. The highest BCUT2D eigenvalue weighted by Gasteiger charge is 2.21. The molecule has 1 saturated heterocycles. The average Bonchev–Trinajstić information content (AvgIpc) is 2.45. The number of unbranched alkanes of at least 4 members (excludes halogenated alkanes) is 1. The molecule has 0 N–H and O–H groups in total. The summed E-state index contributed by atoms with van der Waals surface area (Å²) in [7, 11) is 0. The first-order chi connectivity index (χ1) is 11.0. The van der Waals surface area contributed by atoms with Crippen molar-refractivity contribution < 1.29 is 9.47 Å². The van der Waals surface area contributed by atoms with Gasteiger partial charge in [0.15, 0.2) is 0 Å². The van der Waals surface area contributed by atoms with Crippen molar-refractivity contribution in [1.82, 2.24) is 4.90 Å². The molecule has 0 saturated carbocycles. The van der Waals surface area contributed by atoms with Gasteiger partial charge in [-0.15, -0.1) is 0 Å². The molecule has 3 nitrogen and oxygen atoms in total. The minimum Gasteiger partial charge on any atom is -0.493 e. The summed E-state index contributed by atoms with van der Waals surface area (Å²) in [5, 5.41) is 0. The smallest absolute Gasteiger partial charge is 0.122 e. The quantitative estimate of drug-likeness (QED) is 0.696. The molecule has 3 heteroatoms. The van der Waals surface area contributed by atoms with E-state index in [4.69, 9.17) is 9.47 Å². The SMILES string of the molecule is Cc1ccc(C(C)C)c(OCCCCN2C[C@H](C)O[C@@H](C)C2)c1. The van der Waals surface area contributed by atoms with Crippen LogP contribution < -0.4 is 4.74 Å². The van der Waals surface area contributed by atoms with Gasteiger partial charge in [-0.05, 0) is 63.3 Å². The van der Waals surface area contributed by atoms with E-state index in [1.54, 1.807) is 0 Å². The maximum Gasteiger partial charge on any atom is 0.122 e. The molecular weight excluding hydrogens is 286 g/mol. The van der Waals surface area contributed by atoms with E-state index in [0.29, 0.717) is 18.1 Å². The molecule has 0 spiro atoms. The normalized spacial score (nSPS) is 22.5. The van der Waals surface area contributed by atoms with E-state index < -0.39 is 0 Å². The third-order valence-electron chi connectivity index (χ3n) is 4.41. The predicted molar refractivity (Wildman–Crippen MR) is 96.4 cm³/mol. The molecule has 0 amide bonds. The maximum absolute atomic E-state index is 6.07. The average molecular weight is 319 g/mol. The van der Waals surface area contributed by atoms with Crippen LogP contribution in [0.5, 0.6) is 5.75 Å². The molecule has 2 rings (SSSR count). The number of hydrogen-bond acceptors (Lipinski definition) is 3. The fraction of sp³-hybridized carbons (Fsp3) is 0.700. The summed E-state index contributed by atoms with van der Waals surface area (Å²) >= 11 is 0. The lowest BCUT2D eigenvalue weighted by Crippen LogP contribution is -2.45. The molecule has 1 aromatic rings. The number of aryl methyl sites for hydroxylation is 1. The second kappa shape index (κ2) is 8.70. The van der Waals surface area contributed by atoms with Crippen LogP contribution in [-0.2, 0) is 4.74 Å². The first-order valence-corrected chi connectivity index (χ1v) is 9.07. The summed E-state index contributed by atoms with van der Waals surface area (Å²) in [4.78, 5) is 2.52. The molecule has 0 unspecified atom stereocenters. The second-order valence-corrected chi connectivity index (χ2v) is 7.27. The third kappa shape index (κ3) is 5.82. The molecule has 0 radical (unpaired) electrons. The van der Waals surface area contributed by atoms with Crippen LogP contribution >= 0.6 is 0 Å². The molecule has 23 heavy (non-hydrogen) atoms. The van der Waals surface area contributed by atoms with Crippen LogP contribution in [-0.4, -0.2) is 43.3 Å². The van der Waals surface area contributed by atoms with E-state index in [1.165, 1.54) is 17.5 Å². The van der Waals surface area contributed by atoms with E-state index in [9.17, 15) is 0 Å². The highest BCUT2D eigenvalue weighted by atomic mass is 16.5. The molecule has 1 heterocycles. The van der Waals surface area contributed by atoms with Gasteiger partial charge >= 0.3 is 0 Å². The minimum absolute atomic E-state index is 0.357. The van der Waals surface area contributed by atoms with Gasteiger partial charge in [0.25, 0.3) is 0 Å². The Morgan fingerprint density at radius 3 is 2.52 bits per heavy atom. The number of benzene rings is 1. The van der Waals surface area contributed by atoms with Crippen LogP contribution in [0.3, 0.4) is 0 Å². The van der Waals surface area contributed by atoms with Crippen molar-refractivity contribution in [3.8, 4) is 5.75 Å². The summed E-state index contributed by atoms with van der Waals surface area (Å²) < 4.78 is 11.8. The lowest BCUT2D eigenvalue weighted by atomic mass is 10.0. The third-order valence-corrected chi connectivity index (χ3v) is 4.41. The van der Waals surface area contributed by atoms with Gasteiger partial charge < -0.3 is 9.47 Å². The van der Waals surface area contributed by atoms with E-state index in [2.05, 4.69) is 57.7 Å². The Labute approximate surface area is 142 Å². The number of hydrogen-bond donors (Lipinski definition) is 0. The highest BCUT2D eigenvalue weighted by molar-refractivity contribution is 5.39. The first kappa shape index (κ1) is 18.3. The number of rotatable bonds is 7. The predicted octanol–water partition coefficient (Wildman–Crippen LogP) is 4.39. The molecule has 0 aliphatic carbocycles. The van der Waals surface area contributed by atoms with E-state index in [-0.39, 0.29) is 0 Å². The van der Waals surface area contributed by atoms with Crippen molar-refractivity contribution in [3.63, 3.8) is 0 Å². The van der Waals surface area contributed by atoms with Crippen LogP contribution in [0.1, 0.15) is 57.6 Å². The molecule has 2 atom stereocenters. The Kier molecular flexibility index (Phi) is 6.91. The van der Waals surface area contributed by atoms with Gasteiger partial charge in [-0.3, -0.25) is 4.90 Å². The van der Waals surface area contributed by atoms with Crippen molar-refractivity contribution in [2.75, 3.05) is 26.2 Å². The summed E-state index contributed by atoms with van der Waals surface area (Å²) in [6, 6.07) is 6.54. The molecule has 1 fully saturated rings. The largest absolute Gasteiger partial charge is 0.493 e. The number of ether oxygens (including phenoxy) is 2. The maximum atomic E-state index is 6.07. The second-order valence-electron chi connectivity index (χ2n) is 7.27. The Morgan fingerprint density at radius 2 is 1.87 bits per heavy atom. The molecule has 1 aliphatic heterocycles. The van der Waals surface area contributed by atoms with Crippen LogP contribution in [0.2, 0.25) is 0 Å². The highest BCUT2D eigenvalue weighted by Crippen LogP contribution is 2.27. The molecule has 1 aliphatic rings. The fourth-order valence-electron chi connectivity index (χ4n) is 3.33. The van der Waals surface area contributed by atoms with Gasteiger partial charge in [0, 0.05) is 13.1 Å². The van der Waals surface area contributed by atoms with Crippen molar-refractivity contribution >= 4 is 0 Å². The zero-order chi connectivity index (χ0) is 16.8. The molecular formula is C20H33NO2. The van der Waals surface area contributed by atoms with E-state index in [1.807, 2.05) is 0 Å². The van der Waals surface area contributed by atoms with Crippen molar-refractivity contribution in [1.29, 1.82) is 0 Å². The minimum atomic E-state index is 0.357. The van der Waals surface area contributed by atoms with Crippen molar-refractivity contribution in [2.45, 2.75) is 65.6 Å².